The molecule has 1 aromatic heterocycles. The highest BCUT2D eigenvalue weighted by molar-refractivity contribution is 9.10. The van der Waals surface area contributed by atoms with Gasteiger partial charge in [-0.1, -0.05) is 28.1 Å². The molecule has 0 aliphatic rings. The van der Waals surface area contributed by atoms with Crippen molar-refractivity contribution >= 4 is 15.9 Å². The van der Waals surface area contributed by atoms with Crippen LogP contribution < -0.4 is 0 Å². The molecule has 2 rings (SSSR count). The molecule has 0 aliphatic carbocycles. The molecule has 1 unspecified atom stereocenters. The summed E-state index contributed by atoms with van der Waals surface area (Å²) in [7, 11) is 0. The molecule has 1 heterocycles. The number of hydrogen-bond donors (Lipinski definition) is 1. The summed E-state index contributed by atoms with van der Waals surface area (Å²) in [6.07, 6.45) is 1.41. The zero-order chi connectivity index (χ0) is 12.4. The van der Waals surface area contributed by atoms with Gasteiger partial charge in [0.15, 0.2) is 0 Å². The van der Waals surface area contributed by atoms with Gasteiger partial charge >= 0.3 is 0 Å². The molecule has 0 amide bonds. The van der Waals surface area contributed by atoms with Gasteiger partial charge in [0.05, 0.1) is 12.3 Å². The van der Waals surface area contributed by atoms with E-state index in [1.807, 2.05) is 6.92 Å². The number of nitrogens with zero attached hydrogens (tertiary/aromatic N) is 3. The quantitative estimate of drug-likeness (QED) is 0.948. The minimum Gasteiger partial charge on any atom is -0.387 e. The van der Waals surface area contributed by atoms with Gasteiger partial charge in [-0.05, 0) is 24.6 Å². The summed E-state index contributed by atoms with van der Waals surface area (Å²) in [4.78, 5) is 0. The largest absolute Gasteiger partial charge is 0.387 e. The van der Waals surface area contributed by atoms with E-state index < -0.39 is 11.9 Å². The smallest absolute Gasteiger partial charge is 0.150 e. The molecule has 0 spiro atoms. The SMILES string of the molecule is CCC(O)c1cn(-c2ccc(Br)cc2F)nn1. The molecular weight excluding hydrogens is 289 g/mol. The first kappa shape index (κ1) is 12.2. The van der Waals surface area contributed by atoms with Crippen LogP contribution in [0.25, 0.3) is 5.69 Å². The first-order valence-corrected chi connectivity index (χ1v) is 5.97. The third kappa shape index (κ3) is 2.53. The van der Waals surface area contributed by atoms with Gasteiger partial charge in [0.1, 0.15) is 17.2 Å². The van der Waals surface area contributed by atoms with E-state index in [-0.39, 0.29) is 0 Å². The van der Waals surface area contributed by atoms with Crippen LogP contribution in [0.5, 0.6) is 0 Å². The molecule has 2 aromatic rings. The molecule has 1 aromatic carbocycles. The predicted molar refractivity (Wildman–Crippen MR) is 64.3 cm³/mol. The van der Waals surface area contributed by atoms with Gasteiger partial charge in [-0.15, -0.1) is 5.10 Å². The van der Waals surface area contributed by atoms with Crippen molar-refractivity contribution in [2.45, 2.75) is 19.4 Å². The van der Waals surface area contributed by atoms with E-state index in [4.69, 9.17) is 0 Å². The fourth-order valence-electron chi connectivity index (χ4n) is 1.42. The fourth-order valence-corrected chi connectivity index (χ4v) is 1.76. The van der Waals surface area contributed by atoms with E-state index in [0.717, 1.165) is 0 Å². The number of halogens is 2. The Morgan fingerprint density at radius 1 is 1.53 bits per heavy atom. The highest BCUT2D eigenvalue weighted by Gasteiger charge is 2.12. The van der Waals surface area contributed by atoms with E-state index in [1.165, 1.54) is 16.9 Å². The van der Waals surface area contributed by atoms with Crippen molar-refractivity contribution in [1.29, 1.82) is 0 Å². The topological polar surface area (TPSA) is 50.9 Å². The fraction of sp³-hybridized carbons (Fsp3) is 0.273. The third-order valence-electron chi connectivity index (χ3n) is 2.40. The van der Waals surface area contributed by atoms with Crippen molar-refractivity contribution < 1.29 is 9.50 Å². The van der Waals surface area contributed by atoms with Gasteiger partial charge in [-0.25, -0.2) is 9.07 Å². The minimum atomic E-state index is -0.665. The third-order valence-corrected chi connectivity index (χ3v) is 2.89. The average Bonchev–Trinajstić information content (AvgIpc) is 2.77. The van der Waals surface area contributed by atoms with Crippen molar-refractivity contribution in [2.75, 3.05) is 0 Å². The van der Waals surface area contributed by atoms with Crippen LogP contribution in [0.15, 0.2) is 28.9 Å². The Morgan fingerprint density at radius 2 is 2.29 bits per heavy atom. The van der Waals surface area contributed by atoms with Gasteiger partial charge in [-0.2, -0.15) is 0 Å². The maximum absolute atomic E-state index is 13.6. The summed E-state index contributed by atoms with van der Waals surface area (Å²) >= 11 is 3.18. The number of benzene rings is 1. The van der Waals surface area contributed by atoms with Crippen molar-refractivity contribution in [3.63, 3.8) is 0 Å². The molecule has 0 bridgehead atoms. The second-order valence-electron chi connectivity index (χ2n) is 3.61. The van der Waals surface area contributed by atoms with Crippen LogP contribution >= 0.6 is 15.9 Å². The van der Waals surface area contributed by atoms with Crippen molar-refractivity contribution in [1.82, 2.24) is 15.0 Å². The lowest BCUT2D eigenvalue weighted by molar-refractivity contribution is 0.169. The number of aromatic nitrogens is 3. The Balaban J connectivity index is 2.37. The van der Waals surface area contributed by atoms with Crippen molar-refractivity contribution in [2.24, 2.45) is 0 Å². The Kier molecular flexibility index (Phi) is 3.54. The van der Waals surface area contributed by atoms with E-state index in [1.54, 1.807) is 12.1 Å². The summed E-state index contributed by atoms with van der Waals surface area (Å²) in [5.41, 5.74) is 0.741. The van der Waals surface area contributed by atoms with Crippen LogP contribution in [-0.2, 0) is 0 Å². The molecule has 6 heteroatoms. The van der Waals surface area contributed by atoms with E-state index in [0.29, 0.717) is 22.3 Å². The second-order valence-corrected chi connectivity index (χ2v) is 4.52. The molecule has 0 fully saturated rings. The van der Waals surface area contributed by atoms with Gasteiger partial charge in [0.2, 0.25) is 0 Å². The number of aliphatic hydroxyl groups excluding tert-OH is 1. The summed E-state index contributed by atoms with van der Waals surface area (Å²) in [6.45, 7) is 1.84. The minimum absolute atomic E-state index is 0.301. The predicted octanol–water partition coefficient (Wildman–Crippen LogP) is 2.61. The molecule has 17 heavy (non-hydrogen) atoms. The molecule has 0 saturated carbocycles. The van der Waals surface area contributed by atoms with E-state index >= 15 is 0 Å². The number of hydrogen-bond acceptors (Lipinski definition) is 3. The summed E-state index contributed by atoms with van der Waals surface area (Å²) in [5, 5.41) is 17.2. The van der Waals surface area contributed by atoms with Gasteiger partial charge in [-0.3, -0.25) is 0 Å². The standard InChI is InChI=1S/C11H11BrFN3O/c1-2-11(17)9-6-16(15-14-9)10-4-3-7(12)5-8(10)13/h3-6,11,17H,2H2,1H3. The zero-order valence-electron chi connectivity index (χ0n) is 9.14. The lowest BCUT2D eigenvalue weighted by atomic mass is 10.2. The summed E-state index contributed by atoms with van der Waals surface area (Å²) in [6, 6.07) is 4.67. The molecule has 1 atom stereocenters. The van der Waals surface area contributed by atoms with Crippen LogP contribution in [0.4, 0.5) is 4.39 Å². The second kappa shape index (κ2) is 4.93. The molecule has 0 saturated heterocycles. The van der Waals surface area contributed by atoms with Crippen molar-refractivity contribution in [3.05, 3.63) is 40.4 Å². The van der Waals surface area contributed by atoms with Gasteiger partial charge < -0.3 is 5.11 Å². The molecule has 0 aliphatic heterocycles. The molecule has 0 radical (unpaired) electrons. The van der Waals surface area contributed by atoms with Crippen LogP contribution in [0, 0.1) is 5.82 Å². The maximum atomic E-state index is 13.6. The first-order valence-electron chi connectivity index (χ1n) is 5.17. The maximum Gasteiger partial charge on any atom is 0.150 e. The van der Waals surface area contributed by atoms with Crippen LogP contribution in [0.2, 0.25) is 0 Å². The lowest BCUT2D eigenvalue weighted by Gasteiger charge is -2.03. The van der Waals surface area contributed by atoms with Gasteiger partial charge in [0.25, 0.3) is 0 Å². The lowest BCUT2D eigenvalue weighted by Crippen LogP contribution is -1.98. The van der Waals surface area contributed by atoms with Gasteiger partial charge in [0, 0.05) is 4.47 Å². The zero-order valence-corrected chi connectivity index (χ0v) is 10.7. The highest BCUT2D eigenvalue weighted by atomic mass is 79.9. The number of rotatable bonds is 3. The average molecular weight is 300 g/mol. The van der Waals surface area contributed by atoms with Crippen LogP contribution in [-0.4, -0.2) is 20.1 Å². The Hall–Kier alpha value is -1.27. The molecule has 90 valence electrons. The summed E-state index contributed by atoms with van der Waals surface area (Å²) in [5.74, 6) is -0.401. The molecule has 1 N–H and O–H groups in total. The Labute approximate surface area is 106 Å². The highest BCUT2D eigenvalue weighted by Crippen LogP contribution is 2.19. The van der Waals surface area contributed by atoms with E-state index in [9.17, 15) is 9.50 Å². The summed E-state index contributed by atoms with van der Waals surface area (Å²) < 4.78 is 15.6. The molecular formula is C11H11BrFN3O. The molecule has 4 nitrogen and oxygen atoms in total. The van der Waals surface area contributed by atoms with Crippen LogP contribution in [0.3, 0.4) is 0 Å². The van der Waals surface area contributed by atoms with E-state index in [2.05, 4.69) is 26.2 Å². The monoisotopic (exact) mass is 299 g/mol. The normalized spacial score (nSPS) is 12.7. The number of aliphatic hydroxyl groups is 1. The first-order chi connectivity index (χ1) is 8.11. The van der Waals surface area contributed by atoms with Crippen molar-refractivity contribution in [3.8, 4) is 5.69 Å². The Bertz CT molecular complexity index is 529. The Morgan fingerprint density at radius 3 is 2.94 bits per heavy atom. The van der Waals surface area contributed by atoms with Crippen LogP contribution in [0.1, 0.15) is 25.1 Å².